The highest BCUT2D eigenvalue weighted by molar-refractivity contribution is 9.09. The van der Waals surface area contributed by atoms with E-state index in [1.807, 2.05) is 6.92 Å². The molecular weight excluding hydrogens is 441 g/mol. The predicted octanol–water partition coefficient (Wildman–Crippen LogP) is 4.21. The van der Waals surface area contributed by atoms with Crippen molar-refractivity contribution in [1.29, 1.82) is 0 Å². The summed E-state index contributed by atoms with van der Waals surface area (Å²) in [5.41, 5.74) is -0.578. The number of sulfonamides is 1. The van der Waals surface area contributed by atoms with Gasteiger partial charge in [0.05, 0.1) is 20.5 Å². The molecule has 0 aliphatic heterocycles. The van der Waals surface area contributed by atoms with Crippen molar-refractivity contribution < 1.29 is 8.42 Å². The molecule has 1 aromatic rings. The Labute approximate surface area is 140 Å². The second-order valence-electron chi connectivity index (χ2n) is 4.08. The Morgan fingerprint density at radius 1 is 1.21 bits per heavy atom. The minimum absolute atomic E-state index is 0.0987. The third-order valence-corrected chi connectivity index (χ3v) is 7.20. The highest BCUT2D eigenvalue weighted by atomic mass is 79.9. The summed E-state index contributed by atoms with van der Waals surface area (Å²) in [4.78, 5) is 0.0987. The van der Waals surface area contributed by atoms with Gasteiger partial charge in [-0.1, -0.05) is 62.0 Å². The Bertz CT molecular complexity index is 539. The standard InChI is InChI=1S/C11H13Br2Cl2NO2S/c1-2-11(6-12,7-13)16-19(17,18)8-3-4-9(14)10(15)5-8/h3-5,16H,2,6-7H2,1H3. The first-order chi connectivity index (χ1) is 8.80. The lowest BCUT2D eigenvalue weighted by Gasteiger charge is -2.29. The molecule has 0 unspecified atom stereocenters. The van der Waals surface area contributed by atoms with Crippen LogP contribution in [0.2, 0.25) is 10.0 Å². The first-order valence-corrected chi connectivity index (χ1v) is 9.89. The Morgan fingerprint density at radius 3 is 2.21 bits per heavy atom. The molecule has 1 aromatic carbocycles. The number of rotatable bonds is 6. The van der Waals surface area contributed by atoms with Crippen molar-refractivity contribution in [1.82, 2.24) is 4.72 Å². The summed E-state index contributed by atoms with van der Waals surface area (Å²) in [5.74, 6) is 0. The van der Waals surface area contributed by atoms with Crippen LogP contribution < -0.4 is 4.72 Å². The largest absolute Gasteiger partial charge is 0.241 e. The number of hydrogen-bond acceptors (Lipinski definition) is 2. The summed E-state index contributed by atoms with van der Waals surface area (Å²) in [6.45, 7) is 1.92. The van der Waals surface area contributed by atoms with Crippen molar-refractivity contribution in [3.63, 3.8) is 0 Å². The lowest BCUT2D eigenvalue weighted by atomic mass is 10.0. The van der Waals surface area contributed by atoms with Crippen molar-refractivity contribution in [3.8, 4) is 0 Å². The molecule has 108 valence electrons. The summed E-state index contributed by atoms with van der Waals surface area (Å²) in [7, 11) is -3.65. The van der Waals surface area contributed by atoms with Gasteiger partial charge in [0.1, 0.15) is 0 Å². The van der Waals surface area contributed by atoms with Gasteiger partial charge in [0.25, 0.3) is 0 Å². The Morgan fingerprint density at radius 2 is 1.79 bits per heavy atom. The average molecular weight is 454 g/mol. The lowest BCUT2D eigenvalue weighted by Crippen LogP contribution is -2.50. The molecule has 1 rings (SSSR count). The SMILES string of the molecule is CCC(CBr)(CBr)NS(=O)(=O)c1ccc(Cl)c(Cl)c1. The van der Waals surface area contributed by atoms with Crippen LogP contribution in [0.5, 0.6) is 0 Å². The van der Waals surface area contributed by atoms with Gasteiger partial charge < -0.3 is 0 Å². The molecule has 0 aliphatic rings. The van der Waals surface area contributed by atoms with E-state index in [1.165, 1.54) is 18.2 Å². The minimum Gasteiger partial charge on any atom is -0.207 e. The van der Waals surface area contributed by atoms with Crippen LogP contribution in [0.25, 0.3) is 0 Å². The lowest BCUT2D eigenvalue weighted by molar-refractivity contribution is 0.459. The fourth-order valence-electron chi connectivity index (χ4n) is 1.34. The molecule has 0 heterocycles. The Balaban J connectivity index is 3.14. The van der Waals surface area contributed by atoms with E-state index >= 15 is 0 Å². The van der Waals surface area contributed by atoms with E-state index in [-0.39, 0.29) is 9.92 Å². The summed E-state index contributed by atoms with van der Waals surface area (Å²) >= 11 is 18.3. The normalized spacial score (nSPS) is 12.7. The van der Waals surface area contributed by atoms with Crippen LogP contribution >= 0.6 is 55.1 Å². The number of benzene rings is 1. The first-order valence-electron chi connectivity index (χ1n) is 5.41. The van der Waals surface area contributed by atoms with Gasteiger partial charge in [0.2, 0.25) is 10.0 Å². The molecule has 0 aromatic heterocycles. The number of nitrogens with one attached hydrogen (secondary N) is 1. The van der Waals surface area contributed by atoms with Gasteiger partial charge in [-0.2, -0.15) is 0 Å². The van der Waals surface area contributed by atoms with Crippen molar-refractivity contribution in [3.05, 3.63) is 28.2 Å². The van der Waals surface area contributed by atoms with E-state index < -0.39 is 15.6 Å². The molecule has 0 fully saturated rings. The van der Waals surface area contributed by atoms with E-state index in [1.54, 1.807) is 0 Å². The average Bonchev–Trinajstić information content (AvgIpc) is 2.39. The van der Waals surface area contributed by atoms with Gasteiger partial charge in [0, 0.05) is 10.7 Å². The number of halogens is 4. The highest BCUT2D eigenvalue weighted by Gasteiger charge is 2.32. The van der Waals surface area contributed by atoms with Gasteiger partial charge in [-0.3, -0.25) is 0 Å². The van der Waals surface area contributed by atoms with Crippen LogP contribution in [0.1, 0.15) is 13.3 Å². The third-order valence-electron chi connectivity index (χ3n) is 2.74. The highest BCUT2D eigenvalue weighted by Crippen LogP contribution is 2.26. The van der Waals surface area contributed by atoms with Crippen molar-refractivity contribution >= 4 is 65.1 Å². The Kier molecular flexibility index (Phi) is 6.61. The molecule has 0 saturated heterocycles. The fourth-order valence-corrected chi connectivity index (χ4v) is 5.57. The molecule has 0 amide bonds. The maximum Gasteiger partial charge on any atom is 0.241 e. The van der Waals surface area contributed by atoms with Crippen LogP contribution in [0.4, 0.5) is 0 Å². The smallest absolute Gasteiger partial charge is 0.207 e. The van der Waals surface area contributed by atoms with Gasteiger partial charge >= 0.3 is 0 Å². The summed E-state index contributed by atoms with van der Waals surface area (Å²) in [6.07, 6.45) is 0.643. The van der Waals surface area contributed by atoms with E-state index in [0.29, 0.717) is 22.1 Å². The predicted molar refractivity (Wildman–Crippen MR) is 87.4 cm³/mol. The van der Waals surface area contributed by atoms with Crippen molar-refractivity contribution in [2.45, 2.75) is 23.8 Å². The molecule has 0 atom stereocenters. The van der Waals surface area contributed by atoms with E-state index in [0.717, 1.165) is 0 Å². The zero-order valence-electron chi connectivity index (χ0n) is 10.1. The van der Waals surface area contributed by atoms with Crippen LogP contribution in [-0.4, -0.2) is 24.6 Å². The molecule has 0 saturated carbocycles. The molecule has 0 spiro atoms. The molecule has 0 bridgehead atoms. The maximum absolute atomic E-state index is 12.3. The quantitative estimate of drug-likeness (QED) is 0.656. The Hall–Kier alpha value is 0.670. The molecular formula is C11H13Br2Cl2NO2S. The maximum atomic E-state index is 12.3. The molecule has 8 heteroatoms. The summed E-state index contributed by atoms with van der Waals surface area (Å²) in [6, 6.07) is 4.24. The van der Waals surface area contributed by atoms with Crippen molar-refractivity contribution in [2.75, 3.05) is 10.7 Å². The molecule has 0 aliphatic carbocycles. The minimum atomic E-state index is -3.65. The second kappa shape index (κ2) is 7.09. The van der Waals surface area contributed by atoms with Gasteiger partial charge in [-0.15, -0.1) is 0 Å². The van der Waals surface area contributed by atoms with Crippen LogP contribution in [0.3, 0.4) is 0 Å². The summed E-state index contributed by atoms with van der Waals surface area (Å²) in [5, 5.41) is 1.54. The summed E-state index contributed by atoms with van der Waals surface area (Å²) < 4.78 is 27.4. The number of hydrogen-bond donors (Lipinski definition) is 1. The number of alkyl halides is 2. The second-order valence-corrected chi connectivity index (χ2v) is 7.70. The zero-order valence-corrected chi connectivity index (χ0v) is 15.6. The fraction of sp³-hybridized carbons (Fsp3) is 0.455. The van der Waals surface area contributed by atoms with Gasteiger partial charge in [-0.05, 0) is 24.6 Å². The van der Waals surface area contributed by atoms with E-state index in [2.05, 4.69) is 36.6 Å². The van der Waals surface area contributed by atoms with E-state index in [4.69, 9.17) is 23.2 Å². The van der Waals surface area contributed by atoms with Gasteiger partial charge in [0.15, 0.2) is 0 Å². The zero-order chi connectivity index (χ0) is 14.7. The van der Waals surface area contributed by atoms with Crippen molar-refractivity contribution in [2.24, 2.45) is 0 Å². The molecule has 19 heavy (non-hydrogen) atoms. The molecule has 0 radical (unpaired) electrons. The molecule has 1 N–H and O–H groups in total. The van der Waals surface area contributed by atoms with Gasteiger partial charge in [-0.25, -0.2) is 13.1 Å². The van der Waals surface area contributed by atoms with Crippen LogP contribution in [0.15, 0.2) is 23.1 Å². The monoisotopic (exact) mass is 451 g/mol. The van der Waals surface area contributed by atoms with E-state index in [9.17, 15) is 8.42 Å². The topological polar surface area (TPSA) is 46.2 Å². The van der Waals surface area contributed by atoms with Crippen LogP contribution in [-0.2, 0) is 10.0 Å². The molecule has 3 nitrogen and oxygen atoms in total. The first kappa shape index (κ1) is 17.7. The third kappa shape index (κ3) is 4.32. The van der Waals surface area contributed by atoms with Crippen LogP contribution in [0, 0.1) is 0 Å².